The molecule has 0 spiro atoms. The summed E-state index contributed by atoms with van der Waals surface area (Å²) in [5.41, 5.74) is 1.08. The van der Waals surface area contributed by atoms with Gasteiger partial charge in [0.25, 0.3) is 0 Å². The Morgan fingerprint density at radius 2 is 2.06 bits per heavy atom. The minimum Gasteiger partial charge on any atom is -0.328 e. The summed E-state index contributed by atoms with van der Waals surface area (Å²) >= 11 is 0. The first-order valence-corrected chi connectivity index (χ1v) is 5.76. The van der Waals surface area contributed by atoms with E-state index in [-0.39, 0.29) is 11.8 Å². The Bertz CT molecular complexity index is 502. The summed E-state index contributed by atoms with van der Waals surface area (Å²) < 4.78 is 2.05. The molecule has 3 heteroatoms. The van der Waals surface area contributed by atoms with E-state index < -0.39 is 0 Å². The topological polar surface area (TPSA) is 34.9 Å². The average molecular weight is 228 g/mol. The van der Waals surface area contributed by atoms with Crippen LogP contribution in [0.4, 0.5) is 0 Å². The molecule has 3 nitrogen and oxygen atoms in total. The fourth-order valence-electron chi connectivity index (χ4n) is 1.99. The molecule has 2 aromatic rings. The van der Waals surface area contributed by atoms with E-state index in [9.17, 15) is 4.79 Å². The van der Waals surface area contributed by atoms with Crippen LogP contribution in [0.15, 0.2) is 42.7 Å². The predicted molar refractivity (Wildman–Crippen MR) is 67.7 cm³/mol. The Balaban J connectivity index is 2.32. The van der Waals surface area contributed by atoms with E-state index in [4.69, 9.17) is 0 Å². The molecule has 0 amide bonds. The van der Waals surface area contributed by atoms with E-state index >= 15 is 0 Å². The Labute approximate surface area is 101 Å². The van der Waals surface area contributed by atoms with Crippen molar-refractivity contribution in [2.75, 3.05) is 0 Å². The zero-order valence-corrected chi connectivity index (χ0v) is 10.1. The van der Waals surface area contributed by atoms with Crippen LogP contribution in [0, 0.1) is 0 Å². The second kappa shape index (κ2) is 4.95. The quantitative estimate of drug-likeness (QED) is 0.806. The number of carbonyl (C=O) groups is 1. The second-order valence-corrected chi connectivity index (χ2v) is 4.28. The van der Waals surface area contributed by atoms with Gasteiger partial charge >= 0.3 is 0 Å². The summed E-state index contributed by atoms with van der Waals surface area (Å²) in [4.78, 5) is 15.5. The lowest BCUT2D eigenvalue weighted by Crippen LogP contribution is -2.09. The van der Waals surface area contributed by atoms with Crippen LogP contribution < -0.4 is 0 Å². The van der Waals surface area contributed by atoms with Crippen LogP contribution in [0.5, 0.6) is 0 Å². The molecule has 0 bridgehead atoms. The van der Waals surface area contributed by atoms with Gasteiger partial charge < -0.3 is 4.57 Å². The zero-order chi connectivity index (χ0) is 12.3. The molecule has 2 rings (SSSR count). The smallest absolute Gasteiger partial charge is 0.140 e. The number of rotatable bonds is 4. The van der Waals surface area contributed by atoms with Gasteiger partial charge in [0.05, 0.1) is 0 Å². The molecule has 0 aliphatic heterocycles. The number of aromatic nitrogens is 2. The van der Waals surface area contributed by atoms with E-state index in [0.717, 1.165) is 11.4 Å². The number of hydrogen-bond acceptors (Lipinski definition) is 2. The van der Waals surface area contributed by atoms with Crippen LogP contribution in [0.3, 0.4) is 0 Å². The van der Waals surface area contributed by atoms with Crippen LogP contribution in [0.2, 0.25) is 0 Å². The van der Waals surface area contributed by atoms with Gasteiger partial charge in [-0.05, 0) is 13.8 Å². The number of Topliss-reactive ketones (excluding diaryl/α,β-unsaturated/α-hetero) is 1. The maximum absolute atomic E-state index is 11.2. The minimum atomic E-state index is 0.144. The molecule has 0 aliphatic carbocycles. The molecule has 0 aliphatic rings. The molecule has 0 saturated heterocycles. The Hall–Kier alpha value is -1.90. The van der Waals surface area contributed by atoms with Crippen molar-refractivity contribution in [1.82, 2.24) is 9.55 Å². The average Bonchev–Trinajstić information content (AvgIpc) is 2.78. The zero-order valence-electron chi connectivity index (χ0n) is 10.1. The van der Waals surface area contributed by atoms with Crippen molar-refractivity contribution in [3.05, 3.63) is 42.7 Å². The second-order valence-electron chi connectivity index (χ2n) is 4.28. The molecule has 1 aromatic heterocycles. The highest BCUT2D eigenvalue weighted by Crippen LogP contribution is 2.22. The van der Waals surface area contributed by atoms with Gasteiger partial charge in [0.15, 0.2) is 0 Å². The number of nitrogens with zero attached hydrogens (tertiary/aromatic N) is 2. The van der Waals surface area contributed by atoms with Gasteiger partial charge in [-0.3, -0.25) is 4.79 Å². The van der Waals surface area contributed by atoms with E-state index in [1.807, 2.05) is 43.5 Å². The highest BCUT2D eigenvalue weighted by molar-refractivity contribution is 5.76. The van der Waals surface area contributed by atoms with Crippen molar-refractivity contribution >= 4 is 5.78 Å². The molecule has 1 heterocycles. The molecule has 1 atom stereocenters. The monoisotopic (exact) mass is 228 g/mol. The van der Waals surface area contributed by atoms with E-state index in [2.05, 4.69) is 9.55 Å². The third kappa shape index (κ3) is 2.61. The molecule has 17 heavy (non-hydrogen) atoms. The van der Waals surface area contributed by atoms with Crippen molar-refractivity contribution < 1.29 is 4.79 Å². The molecular formula is C14H16N2O. The molecule has 88 valence electrons. The largest absolute Gasteiger partial charge is 0.328 e. The summed E-state index contributed by atoms with van der Waals surface area (Å²) in [6, 6.07) is 10.2. The number of ketones is 1. The molecule has 0 fully saturated rings. The summed E-state index contributed by atoms with van der Waals surface area (Å²) in [7, 11) is 0. The van der Waals surface area contributed by atoms with Crippen molar-refractivity contribution in [2.45, 2.75) is 26.3 Å². The van der Waals surface area contributed by atoms with Crippen LogP contribution >= 0.6 is 0 Å². The van der Waals surface area contributed by atoms with Gasteiger partial charge in [-0.1, -0.05) is 30.3 Å². The van der Waals surface area contributed by atoms with Gasteiger partial charge in [0.2, 0.25) is 0 Å². The number of carbonyl (C=O) groups excluding carboxylic acids is 1. The molecular weight excluding hydrogens is 212 g/mol. The third-order valence-corrected chi connectivity index (χ3v) is 2.76. The highest BCUT2D eigenvalue weighted by Gasteiger charge is 2.12. The van der Waals surface area contributed by atoms with Crippen molar-refractivity contribution in [2.24, 2.45) is 0 Å². The highest BCUT2D eigenvalue weighted by atomic mass is 16.1. The molecule has 0 saturated carbocycles. The summed E-state index contributed by atoms with van der Waals surface area (Å²) in [6.45, 7) is 3.66. The summed E-state index contributed by atoms with van der Waals surface area (Å²) in [6.07, 6.45) is 4.24. The molecule has 0 N–H and O–H groups in total. The van der Waals surface area contributed by atoms with Gasteiger partial charge in [0, 0.05) is 30.4 Å². The SMILES string of the molecule is CC(=O)CC(C)n1ccnc1-c1ccccc1. The normalized spacial score (nSPS) is 12.4. The van der Waals surface area contributed by atoms with E-state index in [0.29, 0.717) is 6.42 Å². The first kappa shape index (κ1) is 11.6. The third-order valence-electron chi connectivity index (χ3n) is 2.76. The predicted octanol–water partition coefficient (Wildman–Crippen LogP) is 3.09. The van der Waals surface area contributed by atoms with Gasteiger partial charge in [-0.15, -0.1) is 0 Å². The van der Waals surface area contributed by atoms with Crippen molar-refractivity contribution in [3.63, 3.8) is 0 Å². The Morgan fingerprint density at radius 1 is 1.35 bits per heavy atom. The maximum atomic E-state index is 11.2. The lowest BCUT2D eigenvalue weighted by Gasteiger charge is -2.14. The minimum absolute atomic E-state index is 0.144. The standard InChI is InChI=1S/C14H16N2O/c1-11(10-12(2)17)16-9-8-15-14(16)13-6-4-3-5-7-13/h3-9,11H,10H2,1-2H3. The van der Waals surface area contributed by atoms with Gasteiger partial charge in [0.1, 0.15) is 11.6 Å². The van der Waals surface area contributed by atoms with Crippen LogP contribution in [0.25, 0.3) is 11.4 Å². The number of imidazole rings is 1. The summed E-state index contributed by atoms with van der Waals surface area (Å²) in [5, 5.41) is 0. The fraction of sp³-hybridized carbons (Fsp3) is 0.286. The van der Waals surface area contributed by atoms with Crippen molar-refractivity contribution in [3.8, 4) is 11.4 Å². The van der Waals surface area contributed by atoms with Crippen LogP contribution in [-0.2, 0) is 4.79 Å². The number of benzene rings is 1. The fourth-order valence-corrected chi connectivity index (χ4v) is 1.99. The van der Waals surface area contributed by atoms with E-state index in [1.165, 1.54) is 0 Å². The molecule has 1 unspecified atom stereocenters. The first-order valence-electron chi connectivity index (χ1n) is 5.76. The Morgan fingerprint density at radius 3 is 2.71 bits per heavy atom. The Kier molecular flexibility index (Phi) is 3.38. The van der Waals surface area contributed by atoms with E-state index in [1.54, 1.807) is 13.1 Å². The summed E-state index contributed by atoms with van der Waals surface area (Å²) in [5.74, 6) is 1.12. The number of hydrogen-bond donors (Lipinski definition) is 0. The lowest BCUT2D eigenvalue weighted by atomic mass is 10.1. The maximum Gasteiger partial charge on any atom is 0.140 e. The van der Waals surface area contributed by atoms with Crippen LogP contribution in [0.1, 0.15) is 26.3 Å². The van der Waals surface area contributed by atoms with Crippen molar-refractivity contribution in [1.29, 1.82) is 0 Å². The van der Waals surface area contributed by atoms with Crippen LogP contribution in [-0.4, -0.2) is 15.3 Å². The lowest BCUT2D eigenvalue weighted by molar-refractivity contribution is -0.117. The first-order chi connectivity index (χ1) is 8.18. The molecule has 1 aromatic carbocycles. The molecule has 0 radical (unpaired) electrons. The van der Waals surface area contributed by atoms with Gasteiger partial charge in [-0.2, -0.15) is 0 Å². The van der Waals surface area contributed by atoms with Gasteiger partial charge in [-0.25, -0.2) is 4.98 Å².